The Morgan fingerprint density at radius 2 is 1.91 bits per heavy atom. The van der Waals surface area contributed by atoms with E-state index in [0.717, 1.165) is 16.8 Å². The third-order valence-corrected chi connectivity index (χ3v) is 4.32. The van der Waals surface area contributed by atoms with Crippen LogP contribution < -0.4 is 10.2 Å². The summed E-state index contributed by atoms with van der Waals surface area (Å²) < 4.78 is 0. The van der Waals surface area contributed by atoms with Gasteiger partial charge in [-0.3, -0.25) is 4.79 Å². The molecule has 1 aliphatic rings. The number of nitrogens with zero attached hydrogens (tertiary/aromatic N) is 1. The number of aliphatic hydroxyl groups is 1. The van der Waals surface area contributed by atoms with Gasteiger partial charge in [0.15, 0.2) is 0 Å². The molecule has 0 radical (unpaired) electrons. The molecule has 1 amide bonds. The molecule has 1 aliphatic heterocycles. The van der Waals surface area contributed by atoms with Crippen LogP contribution in [0.3, 0.4) is 0 Å². The van der Waals surface area contributed by atoms with Crippen molar-refractivity contribution >= 4 is 11.6 Å². The van der Waals surface area contributed by atoms with Crippen LogP contribution in [-0.2, 0) is 17.8 Å². The van der Waals surface area contributed by atoms with Crippen LogP contribution in [0.1, 0.15) is 18.1 Å². The fourth-order valence-corrected chi connectivity index (χ4v) is 3.05. The molecule has 120 valence electrons. The van der Waals surface area contributed by atoms with Crippen molar-refractivity contribution in [2.75, 3.05) is 11.4 Å². The van der Waals surface area contributed by atoms with Crippen LogP contribution in [-0.4, -0.2) is 29.7 Å². The van der Waals surface area contributed by atoms with E-state index >= 15 is 0 Å². The van der Waals surface area contributed by atoms with E-state index in [2.05, 4.69) is 5.32 Å². The van der Waals surface area contributed by atoms with Crippen LogP contribution in [0.4, 0.5) is 5.69 Å². The highest BCUT2D eigenvalue weighted by Gasteiger charge is 2.29. The molecular formula is C19H22N2O2. The Balaban J connectivity index is 1.70. The van der Waals surface area contributed by atoms with Gasteiger partial charge in [0.05, 0.1) is 6.10 Å². The first-order chi connectivity index (χ1) is 11.1. The first-order valence-corrected chi connectivity index (χ1v) is 7.99. The lowest BCUT2D eigenvalue weighted by Gasteiger charge is -2.37. The van der Waals surface area contributed by atoms with E-state index in [9.17, 15) is 9.90 Å². The Kier molecular flexibility index (Phi) is 4.63. The predicted molar refractivity (Wildman–Crippen MR) is 91.2 cm³/mol. The van der Waals surface area contributed by atoms with Crippen molar-refractivity contribution in [2.24, 2.45) is 0 Å². The number of hydrogen-bond donors (Lipinski definition) is 2. The number of β-amino-alcohol motifs (C(OH)–C–C–N with tert-alkyl or cyclic N) is 1. The number of benzene rings is 2. The number of rotatable bonds is 4. The van der Waals surface area contributed by atoms with E-state index in [-0.39, 0.29) is 11.9 Å². The third kappa shape index (κ3) is 3.54. The molecule has 2 atom stereocenters. The van der Waals surface area contributed by atoms with Crippen LogP contribution in [0.2, 0.25) is 0 Å². The van der Waals surface area contributed by atoms with Crippen molar-refractivity contribution in [1.82, 2.24) is 5.32 Å². The van der Waals surface area contributed by atoms with Crippen molar-refractivity contribution in [3.63, 3.8) is 0 Å². The minimum atomic E-state index is -0.436. The quantitative estimate of drug-likeness (QED) is 0.909. The molecule has 0 aromatic heterocycles. The molecule has 4 nitrogen and oxygen atoms in total. The number of fused-ring (bicyclic) bond motifs is 1. The maximum Gasteiger partial charge on any atom is 0.242 e. The SMILES string of the molecule is C[C@H](C(=O)NCc1ccccc1)N1C[C@H](O)Cc2ccccc21. The molecule has 0 unspecified atom stereocenters. The zero-order valence-electron chi connectivity index (χ0n) is 13.3. The van der Waals surface area contributed by atoms with Gasteiger partial charge in [-0.1, -0.05) is 48.5 Å². The minimum absolute atomic E-state index is 0.0299. The van der Waals surface area contributed by atoms with Gasteiger partial charge in [0, 0.05) is 25.2 Å². The molecule has 2 N–H and O–H groups in total. The van der Waals surface area contributed by atoms with Crippen molar-refractivity contribution in [2.45, 2.75) is 32.0 Å². The third-order valence-electron chi connectivity index (χ3n) is 4.32. The van der Waals surface area contributed by atoms with Gasteiger partial charge in [-0.2, -0.15) is 0 Å². The number of nitrogens with one attached hydrogen (secondary N) is 1. The lowest BCUT2D eigenvalue weighted by Crippen LogP contribution is -2.50. The molecule has 3 rings (SSSR count). The van der Waals surface area contributed by atoms with Crippen LogP contribution in [0.5, 0.6) is 0 Å². The fraction of sp³-hybridized carbons (Fsp3) is 0.316. The topological polar surface area (TPSA) is 52.6 Å². The highest BCUT2D eigenvalue weighted by molar-refractivity contribution is 5.85. The van der Waals surface area contributed by atoms with E-state index < -0.39 is 6.10 Å². The standard InChI is InChI=1S/C19H22N2O2/c1-14(19(23)20-12-15-7-3-2-4-8-15)21-13-17(22)11-16-9-5-6-10-18(16)21/h2-10,14,17,22H,11-13H2,1H3,(H,20,23)/t14-,17-/m1/s1. The highest BCUT2D eigenvalue weighted by Crippen LogP contribution is 2.28. The molecule has 0 bridgehead atoms. The summed E-state index contributed by atoms with van der Waals surface area (Å²) in [6.07, 6.45) is 0.208. The summed E-state index contributed by atoms with van der Waals surface area (Å²) in [6, 6.07) is 17.5. The molecule has 0 fully saturated rings. The fourth-order valence-electron chi connectivity index (χ4n) is 3.05. The van der Waals surface area contributed by atoms with Gasteiger partial charge >= 0.3 is 0 Å². The normalized spacial score (nSPS) is 18.2. The summed E-state index contributed by atoms with van der Waals surface area (Å²) >= 11 is 0. The Morgan fingerprint density at radius 1 is 1.22 bits per heavy atom. The van der Waals surface area contributed by atoms with Crippen LogP contribution in [0.15, 0.2) is 54.6 Å². The van der Waals surface area contributed by atoms with Crippen LogP contribution >= 0.6 is 0 Å². The van der Waals surface area contributed by atoms with Crippen LogP contribution in [0.25, 0.3) is 0 Å². The second kappa shape index (κ2) is 6.84. The Morgan fingerprint density at radius 3 is 2.70 bits per heavy atom. The van der Waals surface area contributed by atoms with Crippen molar-refractivity contribution in [3.8, 4) is 0 Å². The second-order valence-electron chi connectivity index (χ2n) is 6.02. The zero-order valence-corrected chi connectivity index (χ0v) is 13.3. The van der Waals surface area contributed by atoms with Gasteiger partial charge in [-0.15, -0.1) is 0 Å². The lowest BCUT2D eigenvalue weighted by atomic mass is 9.98. The van der Waals surface area contributed by atoms with E-state index in [1.165, 1.54) is 0 Å². The lowest BCUT2D eigenvalue weighted by molar-refractivity contribution is -0.122. The summed E-state index contributed by atoms with van der Waals surface area (Å²) in [5, 5.41) is 13.1. The first-order valence-electron chi connectivity index (χ1n) is 7.99. The molecule has 23 heavy (non-hydrogen) atoms. The van der Waals surface area contributed by atoms with Gasteiger partial charge < -0.3 is 15.3 Å². The monoisotopic (exact) mass is 310 g/mol. The van der Waals surface area contributed by atoms with Crippen molar-refractivity contribution in [3.05, 3.63) is 65.7 Å². The summed E-state index contributed by atoms with van der Waals surface area (Å²) in [6.45, 7) is 2.88. The Labute approximate surface area is 136 Å². The van der Waals surface area contributed by atoms with E-state index in [1.54, 1.807) is 0 Å². The molecule has 1 heterocycles. The molecule has 0 saturated carbocycles. The zero-order chi connectivity index (χ0) is 16.2. The Hall–Kier alpha value is -2.33. The van der Waals surface area contributed by atoms with E-state index in [4.69, 9.17) is 0 Å². The molecule has 0 aliphatic carbocycles. The number of carbonyl (C=O) groups excluding carboxylic acids is 1. The largest absolute Gasteiger partial charge is 0.391 e. The van der Waals surface area contributed by atoms with Gasteiger partial charge in [0.1, 0.15) is 6.04 Å². The van der Waals surface area contributed by atoms with Gasteiger partial charge in [-0.25, -0.2) is 0 Å². The van der Waals surface area contributed by atoms with Gasteiger partial charge in [-0.05, 0) is 24.1 Å². The smallest absolute Gasteiger partial charge is 0.242 e. The summed E-state index contributed by atoms with van der Waals surface area (Å²) in [7, 11) is 0. The van der Waals surface area contributed by atoms with Gasteiger partial charge in [0.25, 0.3) is 0 Å². The number of amides is 1. The van der Waals surface area contributed by atoms with Crippen molar-refractivity contribution < 1.29 is 9.90 Å². The van der Waals surface area contributed by atoms with E-state index in [0.29, 0.717) is 19.5 Å². The van der Waals surface area contributed by atoms with Crippen LogP contribution in [0, 0.1) is 0 Å². The van der Waals surface area contributed by atoms with Crippen molar-refractivity contribution in [1.29, 1.82) is 0 Å². The second-order valence-corrected chi connectivity index (χ2v) is 6.02. The molecule has 2 aromatic carbocycles. The minimum Gasteiger partial charge on any atom is -0.391 e. The summed E-state index contributed by atoms with van der Waals surface area (Å²) in [5.41, 5.74) is 3.21. The molecule has 0 saturated heterocycles. The number of carbonyl (C=O) groups is 1. The first kappa shape index (κ1) is 15.6. The van der Waals surface area contributed by atoms with Gasteiger partial charge in [0.2, 0.25) is 5.91 Å². The number of aliphatic hydroxyl groups excluding tert-OH is 1. The average Bonchev–Trinajstić information content (AvgIpc) is 2.59. The average molecular weight is 310 g/mol. The summed E-state index contributed by atoms with van der Waals surface area (Å²) in [4.78, 5) is 14.5. The molecule has 0 spiro atoms. The number of hydrogen-bond acceptors (Lipinski definition) is 3. The number of para-hydroxylation sites is 1. The predicted octanol–water partition coefficient (Wildman–Crippen LogP) is 2.11. The van der Waals surface area contributed by atoms with E-state index in [1.807, 2.05) is 66.4 Å². The maximum atomic E-state index is 12.5. The highest BCUT2D eigenvalue weighted by atomic mass is 16.3. The molecule has 2 aromatic rings. The Bertz CT molecular complexity index is 672. The molecular weight excluding hydrogens is 288 g/mol. The number of anilines is 1. The summed E-state index contributed by atoms with van der Waals surface area (Å²) in [5.74, 6) is -0.0299. The maximum absolute atomic E-state index is 12.5. The molecule has 4 heteroatoms.